The van der Waals surface area contributed by atoms with Crippen LogP contribution in [0.4, 0.5) is 0 Å². The van der Waals surface area contributed by atoms with Gasteiger partial charge in [-0.25, -0.2) is 0 Å². The van der Waals surface area contributed by atoms with Gasteiger partial charge in [0.2, 0.25) is 0 Å². The lowest BCUT2D eigenvalue weighted by Crippen LogP contribution is -1.98. The average molecular weight is 187 g/mol. The van der Waals surface area contributed by atoms with Crippen LogP contribution < -0.4 is 10.9 Å². The molecule has 0 amide bonds. The van der Waals surface area contributed by atoms with Gasteiger partial charge >= 0.3 is 0 Å². The number of hydrogen-bond acceptors (Lipinski definition) is 0. The molecule has 15 heavy (non-hydrogen) atoms. The Morgan fingerprint density at radius 1 is 0.733 bits per heavy atom. The van der Waals surface area contributed by atoms with Crippen LogP contribution in [-0.2, 0) is 0 Å². The van der Waals surface area contributed by atoms with E-state index in [0.717, 1.165) is 22.0 Å². The highest BCUT2D eigenvalue weighted by molar-refractivity contribution is 6.34. The Kier molecular flexibility index (Phi) is 1.69. The maximum absolute atomic E-state index is 5.73. The number of nitrogens with one attached hydrogen (secondary N) is 1. The molecule has 4 radical (unpaired) electrons. The number of aromatic amines is 1. The predicted molar refractivity (Wildman–Crippen MR) is 66.6 cm³/mol. The topological polar surface area (TPSA) is 15.8 Å². The Labute approximate surface area is 90.3 Å². The molecule has 0 aliphatic carbocycles. The van der Waals surface area contributed by atoms with E-state index in [2.05, 4.69) is 4.98 Å². The van der Waals surface area contributed by atoms with Crippen LogP contribution in [-0.4, -0.2) is 20.7 Å². The Bertz CT molecular complexity index is 599. The van der Waals surface area contributed by atoms with Crippen molar-refractivity contribution in [3.63, 3.8) is 0 Å². The van der Waals surface area contributed by atoms with Crippen molar-refractivity contribution in [2.24, 2.45) is 0 Å². The molecule has 3 aromatic rings. The summed E-state index contributed by atoms with van der Waals surface area (Å²) >= 11 is 0. The summed E-state index contributed by atoms with van der Waals surface area (Å²) in [7, 11) is 11.5. The highest BCUT2D eigenvalue weighted by atomic mass is 14.7. The summed E-state index contributed by atoms with van der Waals surface area (Å²) in [6, 6.07) is 11.7. The van der Waals surface area contributed by atoms with E-state index in [1.807, 2.05) is 36.4 Å². The minimum Gasteiger partial charge on any atom is -0.355 e. The van der Waals surface area contributed by atoms with Crippen molar-refractivity contribution in [1.82, 2.24) is 4.98 Å². The largest absolute Gasteiger partial charge is 0.355 e. The van der Waals surface area contributed by atoms with Gasteiger partial charge in [0.05, 0.1) is 0 Å². The lowest BCUT2D eigenvalue weighted by atomic mass is 9.94. The van der Waals surface area contributed by atoms with Gasteiger partial charge < -0.3 is 4.98 Å². The van der Waals surface area contributed by atoms with E-state index in [1.165, 1.54) is 10.8 Å². The van der Waals surface area contributed by atoms with Gasteiger partial charge in [-0.15, -0.1) is 0 Å². The van der Waals surface area contributed by atoms with Gasteiger partial charge in [-0.2, -0.15) is 0 Å². The van der Waals surface area contributed by atoms with E-state index in [9.17, 15) is 0 Å². The molecule has 0 unspecified atom stereocenters. The van der Waals surface area contributed by atoms with Crippen LogP contribution in [0, 0.1) is 0 Å². The minimum absolute atomic E-state index is 0.766. The second kappa shape index (κ2) is 2.93. The SMILES string of the molecule is [B]c1ccc2c(c1)[nH]c1cc([B])ccc12. The maximum Gasteiger partial charge on any atom is 0.113 e. The number of benzene rings is 2. The average Bonchev–Trinajstić information content (AvgIpc) is 2.53. The van der Waals surface area contributed by atoms with Gasteiger partial charge in [-0.1, -0.05) is 35.2 Å². The molecule has 66 valence electrons. The van der Waals surface area contributed by atoms with E-state index in [1.54, 1.807) is 0 Å². The molecule has 0 saturated carbocycles. The molecular formula is C12H7B2N. The highest BCUT2D eigenvalue weighted by Gasteiger charge is 2.03. The van der Waals surface area contributed by atoms with E-state index in [-0.39, 0.29) is 0 Å². The molecule has 0 spiro atoms. The van der Waals surface area contributed by atoms with E-state index >= 15 is 0 Å². The molecule has 3 heteroatoms. The molecule has 0 atom stereocenters. The Hall–Kier alpha value is -1.63. The zero-order valence-corrected chi connectivity index (χ0v) is 8.12. The molecule has 1 heterocycles. The fourth-order valence-electron chi connectivity index (χ4n) is 1.95. The zero-order valence-electron chi connectivity index (χ0n) is 8.12. The van der Waals surface area contributed by atoms with Gasteiger partial charge in [0.1, 0.15) is 15.7 Å². The number of aromatic nitrogens is 1. The summed E-state index contributed by atoms with van der Waals surface area (Å²) in [5.41, 5.74) is 3.63. The third-order valence-electron chi connectivity index (χ3n) is 2.65. The second-order valence-corrected chi connectivity index (χ2v) is 3.74. The third-order valence-corrected chi connectivity index (χ3v) is 2.65. The van der Waals surface area contributed by atoms with Crippen molar-refractivity contribution < 1.29 is 0 Å². The van der Waals surface area contributed by atoms with Crippen molar-refractivity contribution in [2.75, 3.05) is 0 Å². The first-order valence-corrected chi connectivity index (χ1v) is 4.80. The number of hydrogen-bond donors (Lipinski definition) is 1. The highest BCUT2D eigenvalue weighted by Crippen LogP contribution is 2.23. The number of rotatable bonds is 0. The first kappa shape index (κ1) is 8.66. The molecule has 0 aliphatic rings. The van der Waals surface area contributed by atoms with Crippen LogP contribution in [0.5, 0.6) is 0 Å². The summed E-state index contributed by atoms with van der Waals surface area (Å²) in [4.78, 5) is 3.30. The fourth-order valence-corrected chi connectivity index (χ4v) is 1.95. The quantitative estimate of drug-likeness (QED) is 0.503. The summed E-state index contributed by atoms with van der Waals surface area (Å²) < 4.78 is 0. The van der Waals surface area contributed by atoms with Crippen molar-refractivity contribution in [1.29, 1.82) is 0 Å². The lowest BCUT2D eigenvalue weighted by Gasteiger charge is -1.93. The van der Waals surface area contributed by atoms with Crippen molar-refractivity contribution >= 4 is 48.4 Å². The Balaban J connectivity index is 2.51. The van der Waals surface area contributed by atoms with Gasteiger partial charge in [-0.05, 0) is 12.1 Å². The van der Waals surface area contributed by atoms with Crippen LogP contribution in [0.15, 0.2) is 36.4 Å². The molecule has 2 aromatic carbocycles. The summed E-state index contributed by atoms with van der Waals surface area (Å²) in [5.74, 6) is 0. The first-order valence-electron chi connectivity index (χ1n) is 4.80. The maximum atomic E-state index is 5.73. The third kappa shape index (κ3) is 1.27. The van der Waals surface area contributed by atoms with Gasteiger partial charge in [0.15, 0.2) is 0 Å². The summed E-state index contributed by atoms with van der Waals surface area (Å²) in [5, 5.41) is 2.36. The predicted octanol–water partition coefficient (Wildman–Crippen LogP) is 0.909. The molecule has 0 fully saturated rings. The standard InChI is InChI=1S/C12H7B2N/c13-7-1-3-9-10-4-2-8(14)6-12(10)15-11(9)5-7/h1-6,15H. The van der Waals surface area contributed by atoms with E-state index in [0.29, 0.717) is 0 Å². The molecule has 1 N–H and O–H groups in total. The smallest absolute Gasteiger partial charge is 0.113 e. The summed E-state index contributed by atoms with van der Waals surface area (Å²) in [6.45, 7) is 0. The van der Waals surface area contributed by atoms with Gasteiger partial charge in [0.25, 0.3) is 0 Å². The molecule has 0 saturated heterocycles. The van der Waals surface area contributed by atoms with Crippen LogP contribution >= 0.6 is 0 Å². The van der Waals surface area contributed by atoms with Crippen LogP contribution in [0.3, 0.4) is 0 Å². The van der Waals surface area contributed by atoms with Crippen molar-refractivity contribution in [3.8, 4) is 0 Å². The van der Waals surface area contributed by atoms with Crippen LogP contribution in [0.25, 0.3) is 21.8 Å². The first-order chi connectivity index (χ1) is 7.24. The lowest BCUT2D eigenvalue weighted by molar-refractivity contribution is 1.56. The molecule has 0 aliphatic heterocycles. The molecule has 0 bridgehead atoms. The summed E-state index contributed by atoms with van der Waals surface area (Å²) in [6.07, 6.45) is 0. The number of fused-ring (bicyclic) bond motifs is 3. The molecular weight excluding hydrogens is 180 g/mol. The molecule has 3 rings (SSSR count). The number of H-pyrrole nitrogens is 1. The minimum atomic E-state index is 0.766. The van der Waals surface area contributed by atoms with Crippen LogP contribution in [0.2, 0.25) is 0 Å². The second-order valence-electron chi connectivity index (χ2n) is 3.74. The van der Waals surface area contributed by atoms with Crippen molar-refractivity contribution in [2.45, 2.75) is 0 Å². The monoisotopic (exact) mass is 187 g/mol. The van der Waals surface area contributed by atoms with E-state index < -0.39 is 0 Å². The normalized spacial score (nSPS) is 11.2. The van der Waals surface area contributed by atoms with Gasteiger partial charge in [-0.3, -0.25) is 0 Å². The van der Waals surface area contributed by atoms with Gasteiger partial charge in [0, 0.05) is 21.8 Å². The van der Waals surface area contributed by atoms with Crippen LogP contribution in [0.1, 0.15) is 0 Å². The Morgan fingerprint density at radius 2 is 1.20 bits per heavy atom. The van der Waals surface area contributed by atoms with E-state index in [4.69, 9.17) is 15.7 Å². The fraction of sp³-hybridized carbons (Fsp3) is 0. The van der Waals surface area contributed by atoms with Crippen molar-refractivity contribution in [3.05, 3.63) is 36.4 Å². The molecule has 1 nitrogen and oxygen atoms in total. The molecule has 1 aromatic heterocycles. The zero-order chi connectivity index (χ0) is 10.4. The Morgan fingerprint density at radius 3 is 1.67 bits per heavy atom.